The number of halogens is 1. The highest BCUT2D eigenvalue weighted by molar-refractivity contribution is 9.10. The average Bonchev–Trinajstić information content (AvgIpc) is 3.11. The largest absolute Gasteiger partial charge is 0.346 e. The number of thiophene rings is 1. The lowest BCUT2D eigenvalue weighted by atomic mass is 10.1. The van der Waals surface area contributed by atoms with Crippen molar-refractivity contribution < 1.29 is 14.6 Å². The molecule has 1 saturated heterocycles. The summed E-state index contributed by atoms with van der Waals surface area (Å²) in [5, 5.41) is 5.27. The van der Waals surface area contributed by atoms with Crippen molar-refractivity contribution in [2.45, 2.75) is 6.04 Å². The minimum absolute atomic E-state index is 0.0109. The van der Waals surface area contributed by atoms with Crippen molar-refractivity contribution >= 4 is 33.2 Å². The smallest absolute Gasteiger partial charge is 0.252 e. The van der Waals surface area contributed by atoms with Crippen LogP contribution in [0.3, 0.4) is 0 Å². The number of hydrogen-bond donors (Lipinski definition) is 3. The van der Waals surface area contributed by atoms with Crippen LogP contribution in [0.15, 0.2) is 46.3 Å². The second-order valence-electron chi connectivity index (χ2n) is 6.37. The summed E-state index contributed by atoms with van der Waals surface area (Å²) in [7, 11) is 2.26. The fourth-order valence-corrected chi connectivity index (χ4v) is 4.57. The second-order valence-corrected chi connectivity index (χ2v) is 8.21. The normalized spacial score (nSPS) is 22.1. The van der Waals surface area contributed by atoms with Crippen molar-refractivity contribution in [3.63, 3.8) is 0 Å². The van der Waals surface area contributed by atoms with Gasteiger partial charge in [0.05, 0.1) is 24.0 Å². The van der Waals surface area contributed by atoms with E-state index < -0.39 is 0 Å². The second kappa shape index (κ2) is 8.25. The highest BCUT2D eigenvalue weighted by Crippen LogP contribution is 2.18. The molecule has 2 heterocycles. The number of benzene rings is 1. The number of quaternary nitrogens is 2. The van der Waals surface area contributed by atoms with E-state index in [0.717, 1.165) is 17.6 Å². The lowest BCUT2D eigenvalue weighted by Crippen LogP contribution is -3.27. The van der Waals surface area contributed by atoms with E-state index in [-0.39, 0.29) is 5.91 Å². The van der Waals surface area contributed by atoms with Crippen LogP contribution in [0.25, 0.3) is 0 Å². The molecule has 0 aliphatic carbocycles. The van der Waals surface area contributed by atoms with E-state index in [1.54, 1.807) is 21.1 Å². The molecule has 0 radical (unpaired) electrons. The minimum atomic E-state index is -0.0109. The van der Waals surface area contributed by atoms with Crippen LogP contribution >= 0.6 is 27.3 Å². The topological polar surface area (TPSA) is 38.0 Å². The van der Waals surface area contributed by atoms with Crippen LogP contribution in [0.4, 0.5) is 0 Å². The average molecular weight is 410 g/mol. The van der Waals surface area contributed by atoms with Gasteiger partial charge in [0.1, 0.15) is 32.2 Å². The lowest BCUT2D eigenvalue weighted by Gasteiger charge is -2.33. The SMILES string of the molecule is C[NH+]1CC[NH+]([C@@H](CNC(=O)c2ccccc2Br)c2cccs2)CC1. The zero-order valence-corrected chi connectivity index (χ0v) is 16.3. The Morgan fingerprint density at radius 1 is 1.21 bits per heavy atom. The number of carbonyl (C=O) groups excluding carboxylic acids is 1. The number of hydrogen-bond acceptors (Lipinski definition) is 2. The van der Waals surface area contributed by atoms with Gasteiger partial charge in [-0.1, -0.05) is 18.2 Å². The van der Waals surface area contributed by atoms with Gasteiger partial charge in [-0.05, 0) is 39.5 Å². The molecule has 1 fully saturated rings. The lowest BCUT2D eigenvalue weighted by molar-refractivity contribution is -1.02. The van der Waals surface area contributed by atoms with E-state index in [4.69, 9.17) is 0 Å². The first kappa shape index (κ1) is 17.6. The third-order valence-electron chi connectivity index (χ3n) is 4.71. The summed E-state index contributed by atoms with van der Waals surface area (Å²) in [6, 6.07) is 12.2. The Balaban J connectivity index is 1.68. The monoisotopic (exact) mass is 409 g/mol. The Hall–Kier alpha value is -1.21. The molecule has 2 aromatic rings. The van der Waals surface area contributed by atoms with E-state index in [2.05, 4.69) is 45.8 Å². The van der Waals surface area contributed by atoms with Gasteiger partial charge in [0.25, 0.3) is 5.91 Å². The van der Waals surface area contributed by atoms with Crippen molar-refractivity contribution in [3.05, 3.63) is 56.7 Å². The first-order valence-corrected chi connectivity index (χ1v) is 10.0. The molecule has 1 atom stereocenters. The van der Waals surface area contributed by atoms with Crippen LogP contribution in [-0.4, -0.2) is 45.7 Å². The summed E-state index contributed by atoms with van der Waals surface area (Å²) in [6.45, 7) is 5.36. The molecule has 0 unspecified atom stereocenters. The molecule has 4 nitrogen and oxygen atoms in total. The summed E-state index contributed by atoms with van der Waals surface area (Å²) in [5.41, 5.74) is 0.695. The van der Waals surface area contributed by atoms with Gasteiger partial charge in [0.2, 0.25) is 0 Å². The van der Waals surface area contributed by atoms with Crippen LogP contribution in [0.5, 0.6) is 0 Å². The molecule has 1 aliphatic heterocycles. The third-order valence-corrected chi connectivity index (χ3v) is 6.39. The Kier molecular flexibility index (Phi) is 6.05. The summed E-state index contributed by atoms with van der Waals surface area (Å²) in [4.78, 5) is 17.1. The summed E-state index contributed by atoms with van der Waals surface area (Å²) >= 11 is 5.25. The predicted molar refractivity (Wildman–Crippen MR) is 101 cm³/mol. The van der Waals surface area contributed by atoms with E-state index in [0.29, 0.717) is 18.2 Å². The standard InChI is InChI=1S/C18H22BrN3OS/c1-21-8-10-22(11-9-21)16(17-7-4-12-24-17)13-20-18(23)14-5-2-3-6-15(14)19/h2-7,12,16H,8-11,13H2,1H3,(H,20,23)/p+2/t16-/m0/s1. The molecule has 0 spiro atoms. The molecule has 6 heteroatoms. The fraction of sp³-hybridized carbons (Fsp3) is 0.389. The number of rotatable bonds is 5. The molecular formula is C18H24BrN3OS+2. The molecule has 1 aromatic carbocycles. The van der Waals surface area contributed by atoms with Crippen LogP contribution in [-0.2, 0) is 0 Å². The van der Waals surface area contributed by atoms with Gasteiger partial charge in [-0.3, -0.25) is 4.79 Å². The molecule has 1 aliphatic rings. The van der Waals surface area contributed by atoms with E-state index >= 15 is 0 Å². The number of amides is 1. The van der Waals surface area contributed by atoms with Crippen LogP contribution < -0.4 is 15.1 Å². The maximum absolute atomic E-state index is 12.5. The zero-order chi connectivity index (χ0) is 16.9. The molecule has 0 bridgehead atoms. The number of piperazine rings is 1. The molecule has 1 amide bonds. The predicted octanol–water partition coefficient (Wildman–Crippen LogP) is 0.395. The Bertz CT molecular complexity index is 669. The first-order chi connectivity index (χ1) is 11.6. The highest BCUT2D eigenvalue weighted by Gasteiger charge is 2.30. The number of nitrogens with one attached hydrogen (secondary N) is 3. The molecule has 0 saturated carbocycles. The van der Waals surface area contributed by atoms with Gasteiger partial charge in [0.15, 0.2) is 0 Å². The van der Waals surface area contributed by atoms with Gasteiger partial charge < -0.3 is 15.1 Å². The molecule has 1 aromatic heterocycles. The van der Waals surface area contributed by atoms with Gasteiger partial charge in [-0.25, -0.2) is 0 Å². The van der Waals surface area contributed by atoms with E-state index in [1.807, 2.05) is 24.3 Å². The van der Waals surface area contributed by atoms with Crippen LogP contribution in [0.2, 0.25) is 0 Å². The Morgan fingerprint density at radius 3 is 2.62 bits per heavy atom. The summed E-state index contributed by atoms with van der Waals surface area (Å²) in [6.07, 6.45) is 0. The third kappa shape index (κ3) is 4.25. The fourth-order valence-electron chi connectivity index (χ4n) is 3.22. The van der Waals surface area contributed by atoms with E-state index in [9.17, 15) is 4.79 Å². The first-order valence-electron chi connectivity index (χ1n) is 8.37. The summed E-state index contributed by atoms with van der Waals surface area (Å²) in [5.74, 6) is -0.0109. The summed E-state index contributed by atoms with van der Waals surface area (Å²) < 4.78 is 0.839. The van der Waals surface area contributed by atoms with Crippen molar-refractivity contribution in [1.82, 2.24) is 5.32 Å². The minimum Gasteiger partial charge on any atom is -0.346 e. The van der Waals surface area contributed by atoms with Crippen molar-refractivity contribution in [2.75, 3.05) is 39.8 Å². The van der Waals surface area contributed by atoms with Crippen molar-refractivity contribution in [2.24, 2.45) is 0 Å². The molecule has 3 N–H and O–H groups in total. The van der Waals surface area contributed by atoms with Gasteiger partial charge in [0, 0.05) is 4.47 Å². The zero-order valence-electron chi connectivity index (χ0n) is 13.8. The Labute approximate surface area is 155 Å². The quantitative estimate of drug-likeness (QED) is 0.656. The van der Waals surface area contributed by atoms with E-state index in [1.165, 1.54) is 18.0 Å². The van der Waals surface area contributed by atoms with Crippen molar-refractivity contribution in [1.29, 1.82) is 0 Å². The maximum atomic E-state index is 12.5. The van der Waals surface area contributed by atoms with Gasteiger partial charge in [-0.2, -0.15) is 0 Å². The van der Waals surface area contributed by atoms with Gasteiger partial charge in [-0.15, -0.1) is 11.3 Å². The molecular weight excluding hydrogens is 386 g/mol. The molecule has 3 rings (SSSR count). The molecule has 128 valence electrons. The number of carbonyl (C=O) groups is 1. The Morgan fingerprint density at radius 2 is 1.96 bits per heavy atom. The van der Waals surface area contributed by atoms with Gasteiger partial charge >= 0.3 is 0 Å². The molecule has 24 heavy (non-hydrogen) atoms. The maximum Gasteiger partial charge on any atom is 0.252 e. The van der Waals surface area contributed by atoms with Crippen molar-refractivity contribution in [3.8, 4) is 0 Å². The van der Waals surface area contributed by atoms with Crippen LogP contribution in [0, 0.1) is 0 Å². The highest BCUT2D eigenvalue weighted by atomic mass is 79.9. The van der Waals surface area contributed by atoms with Crippen LogP contribution in [0.1, 0.15) is 21.3 Å². The number of likely N-dealkylation sites (N-methyl/N-ethyl adjacent to an activating group) is 1.